The van der Waals surface area contributed by atoms with E-state index in [0.29, 0.717) is 0 Å². The lowest BCUT2D eigenvalue weighted by Gasteiger charge is -2.20. The van der Waals surface area contributed by atoms with Crippen LogP contribution in [-0.4, -0.2) is 21.4 Å². The second-order valence-electron chi connectivity index (χ2n) is 5.59. The summed E-state index contributed by atoms with van der Waals surface area (Å²) in [5.41, 5.74) is 3.21. The topological polar surface area (TPSA) is 37.3 Å². The van der Waals surface area contributed by atoms with Gasteiger partial charge in [0.25, 0.3) is 0 Å². The molecule has 0 saturated heterocycles. The molecule has 1 aromatic heterocycles. The molecule has 1 aliphatic heterocycles. The third-order valence-electron chi connectivity index (χ3n) is 4.23. The van der Waals surface area contributed by atoms with Crippen LogP contribution in [0.4, 0.5) is 5.69 Å². The summed E-state index contributed by atoms with van der Waals surface area (Å²) in [7, 11) is 0. The standard InChI is InChI=1S/C17H21N3S/c1-4-17(5-2)11-21-16(20-17)19-14-8-6-7-13-10-9-12(3)18-15(13)14/h6-10H,4-5,11H2,1-3H3,(H,19,20). The molecule has 1 aliphatic rings. The molecule has 110 valence electrons. The Bertz CT molecular complexity index is 689. The largest absolute Gasteiger partial charge is 0.333 e. The molecule has 0 atom stereocenters. The number of nitrogens with one attached hydrogen (secondary N) is 1. The average molecular weight is 299 g/mol. The summed E-state index contributed by atoms with van der Waals surface area (Å²) in [6.45, 7) is 6.47. The molecule has 0 fully saturated rings. The van der Waals surface area contributed by atoms with E-state index in [9.17, 15) is 0 Å². The Kier molecular flexibility index (Phi) is 3.89. The van der Waals surface area contributed by atoms with Gasteiger partial charge >= 0.3 is 0 Å². The maximum atomic E-state index is 4.92. The number of aromatic nitrogens is 1. The molecule has 2 heterocycles. The smallest absolute Gasteiger partial charge is 0.161 e. The van der Waals surface area contributed by atoms with Crippen LogP contribution in [0.15, 0.2) is 35.3 Å². The first-order chi connectivity index (χ1) is 10.2. The number of anilines is 1. The van der Waals surface area contributed by atoms with Gasteiger partial charge in [-0.15, -0.1) is 0 Å². The summed E-state index contributed by atoms with van der Waals surface area (Å²) in [5, 5.41) is 5.67. The van der Waals surface area contributed by atoms with E-state index >= 15 is 0 Å². The minimum absolute atomic E-state index is 0.112. The zero-order valence-corrected chi connectivity index (χ0v) is 13.6. The van der Waals surface area contributed by atoms with Crippen LogP contribution in [0.5, 0.6) is 0 Å². The van der Waals surface area contributed by atoms with Crippen LogP contribution >= 0.6 is 11.8 Å². The normalized spacial score (nSPS) is 17.0. The van der Waals surface area contributed by atoms with Crippen LogP contribution in [0, 0.1) is 6.92 Å². The molecule has 4 heteroatoms. The number of nitrogens with zero attached hydrogens (tertiary/aromatic N) is 2. The molecule has 21 heavy (non-hydrogen) atoms. The SMILES string of the molecule is CCC1(CC)CSC(Nc2cccc3ccc(C)nc23)=N1. The average Bonchev–Trinajstić information content (AvgIpc) is 2.92. The Morgan fingerprint density at radius 3 is 2.71 bits per heavy atom. The number of hydrogen-bond donors (Lipinski definition) is 1. The van der Waals surface area contributed by atoms with E-state index in [1.165, 1.54) is 0 Å². The van der Waals surface area contributed by atoms with Crippen molar-refractivity contribution in [2.75, 3.05) is 11.1 Å². The van der Waals surface area contributed by atoms with Gasteiger partial charge in [0.2, 0.25) is 0 Å². The Labute approximate surface area is 130 Å². The summed E-state index contributed by atoms with van der Waals surface area (Å²) in [4.78, 5) is 9.59. The molecular formula is C17H21N3S. The van der Waals surface area contributed by atoms with Gasteiger partial charge in [-0.1, -0.05) is 43.8 Å². The second-order valence-corrected chi connectivity index (χ2v) is 6.56. The Morgan fingerprint density at radius 2 is 2.00 bits per heavy atom. The number of rotatable bonds is 3. The Morgan fingerprint density at radius 1 is 1.19 bits per heavy atom. The van der Waals surface area contributed by atoms with Gasteiger partial charge in [-0.25, -0.2) is 0 Å². The Hall–Kier alpha value is -1.55. The number of pyridine rings is 1. The predicted octanol–water partition coefficient (Wildman–Crippen LogP) is 4.62. The number of benzene rings is 1. The van der Waals surface area contributed by atoms with E-state index in [0.717, 1.165) is 46.0 Å². The van der Waals surface area contributed by atoms with Gasteiger partial charge in [0.1, 0.15) is 0 Å². The highest BCUT2D eigenvalue weighted by atomic mass is 32.2. The van der Waals surface area contributed by atoms with Gasteiger partial charge in [-0.3, -0.25) is 9.98 Å². The number of fused-ring (bicyclic) bond motifs is 1. The van der Waals surface area contributed by atoms with Gasteiger partial charge in [0, 0.05) is 16.8 Å². The molecule has 1 aromatic carbocycles. The monoisotopic (exact) mass is 299 g/mol. The summed E-state index contributed by atoms with van der Waals surface area (Å²) >= 11 is 1.82. The molecule has 0 radical (unpaired) electrons. The second kappa shape index (κ2) is 5.68. The van der Waals surface area contributed by atoms with E-state index in [-0.39, 0.29) is 5.54 Å². The quantitative estimate of drug-likeness (QED) is 0.898. The van der Waals surface area contributed by atoms with Crippen molar-refractivity contribution in [2.45, 2.75) is 39.2 Å². The molecular weight excluding hydrogens is 278 g/mol. The fraction of sp³-hybridized carbons (Fsp3) is 0.412. The number of thioether (sulfide) groups is 1. The third kappa shape index (κ3) is 2.77. The maximum Gasteiger partial charge on any atom is 0.161 e. The number of hydrogen-bond acceptors (Lipinski definition) is 4. The van der Waals surface area contributed by atoms with E-state index in [4.69, 9.17) is 4.99 Å². The Balaban J connectivity index is 1.94. The minimum atomic E-state index is 0.112. The predicted molar refractivity (Wildman–Crippen MR) is 93.3 cm³/mol. The van der Waals surface area contributed by atoms with Crippen LogP contribution in [0.2, 0.25) is 0 Å². The minimum Gasteiger partial charge on any atom is -0.333 e. The van der Waals surface area contributed by atoms with Gasteiger partial charge in [0.15, 0.2) is 5.17 Å². The molecule has 3 rings (SSSR count). The van der Waals surface area contributed by atoms with Crippen molar-refractivity contribution in [3.05, 3.63) is 36.0 Å². The van der Waals surface area contributed by atoms with Crippen molar-refractivity contribution in [3.63, 3.8) is 0 Å². The van der Waals surface area contributed by atoms with Crippen molar-refractivity contribution >= 4 is 33.5 Å². The van der Waals surface area contributed by atoms with Crippen molar-refractivity contribution in [1.29, 1.82) is 0 Å². The number of aliphatic imine (C=N–C) groups is 1. The first-order valence-electron chi connectivity index (χ1n) is 7.52. The first kappa shape index (κ1) is 14.4. The molecule has 0 unspecified atom stereocenters. The van der Waals surface area contributed by atoms with Crippen molar-refractivity contribution < 1.29 is 0 Å². The lowest BCUT2D eigenvalue weighted by Crippen LogP contribution is -2.24. The molecule has 1 N–H and O–H groups in total. The molecule has 0 spiro atoms. The number of para-hydroxylation sites is 1. The van der Waals surface area contributed by atoms with Gasteiger partial charge in [0.05, 0.1) is 16.7 Å². The highest BCUT2D eigenvalue weighted by molar-refractivity contribution is 8.14. The van der Waals surface area contributed by atoms with Crippen LogP contribution in [0.1, 0.15) is 32.4 Å². The zero-order valence-electron chi connectivity index (χ0n) is 12.8. The highest BCUT2D eigenvalue weighted by Gasteiger charge is 2.32. The summed E-state index contributed by atoms with van der Waals surface area (Å²) in [6, 6.07) is 10.4. The highest BCUT2D eigenvalue weighted by Crippen LogP contribution is 2.34. The van der Waals surface area contributed by atoms with Crippen molar-refractivity contribution in [3.8, 4) is 0 Å². The summed E-state index contributed by atoms with van der Waals surface area (Å²) in [6.07, 6.45) is 2.18. The van der Waals surface area contributed by atoms with Crippen molar-refractivity contribution in [2.24, 2.45) is 4.99 Å². The van der Waals surface area contributed by atoms with Crippen LogP contribution in [0.25, 0.3) is 10.9 Å². The number of aryl methyl sites for hydroxylation is 1. The fourth-order valence-electron chi connectivity index (χ4n) is 2.62. The van der Waals surface area contributed by atoms with Crippen LogP contribution in [-0.2, 0) is 0 Å². The van der Waals surface area contributed by atoms with E-state index in [1.54, 1.807) is 0 Å². The van der Waals surface area contributed by atoms with Crippen molar-refractivity contribution in [1.82, 2.24) is 4.98 Å². The van der Waals surface area contributed by atoms with E-state index in [2.05, 4.69) is 48.4 Å². The van der Waals surface area contributed by atoms with E-state index < -0.39 is 0 Å². The lowest BCUT2D eigenvalue weighted by atomic mass is 9.97. The number of amidine groups is 1. The molecule has 0 saturated carbocycles. The van der Waals surface area contributed by atoms with Crippen LogP contribution in [0.3, 0.4) is 0 Å². The molecule has 2 aromatic rings. The zero-order chi connectivity index (χ0) is 14.9. The van der Waals surface area contributed by atoms with Gasteiger partial charge in [-0.05, 0) is 31.9 Å². The fourth-order valence-corrected chi connectivity index (χ4v) is 3.94. The summed E-state index contributed by atoms with van der Waals surface area (Å²) < 4.78 is 0. The third-order valence-corrected chi connectivity index (χ3v) is 5.38. The molecule has 3 nitrogen and oxygen atoms in total. The van der Waals surface area contributed by atoms with Crippen LogP contribution < -0.4 is 5.32 Å². The summed E-state index contributed by atoms with van der Waals surface area (Å²) in [5.74, 6) is 1.07. The lowest BCUT2D eigenvalue weighted by molar-refractivity contribution is 0.456. The first-order valence-corrected chi connectivity index (χ1v) is 8.50. The van der Waals surface area contributed by atoms with Gasteiger partial charge in [-0.2, -0.15) is 0 Å². The molecule has 0 amide bonds. The van der Waals surface area contributed by atoms with Gasteiger partial charge < -0.3 is 5.32 Å². The molecule has 0 aliphatic carbocycles. The molecule has 0 bridgehead atoms. The maximum absolute atomic E-state index is 4.92. The van der Waals surface area contributed by atoms with E-state index in [1.807, 2.05) is 24.8 Å².